The van der Waals surface area contributed by atoms with Crippen molar-refractivity contribution in [2.24, 2.45) is 0 Å². The zero-order valence-electron chi connectivity index (χ0n) is 17.2. The SMILES string of the molecule is O=C1C(=O)N(CCN2CCOCC2)C(c2ccc([N+](=O)[O-])cc2)C1=C(O)c1ccncc1. The van der Waals surface area contributed by atoms with E-state index in [2.05, 4.69) is 9.88 Å². The number of nitro groups is 1. The number of likely N-dealkylation sites (tertiary alicyclic amines) is 1. The van der Waals surface area contributed by atoms with Gasteiger partial charge in [-0.3, -0.25) is 29.6 Å². The molecule has 1 atom stereocenters. The molecule has 0 spiro atoms. The number of non-ortho nitro benzene ring substituents is 1. The van der Waals surface area contributed by atoms with E-state index >= 15 is 0 Å². The largest absolute Gasteiger partial charge is 0.507 e. The Kier molecular flexibility index (Phi) is 6.24. The van der Waals surface area contributed by atoms with Gasteiger partial charge >= 0.3 is 0 Å². The number of hydrogen-bond acceptors (Lipinski definition) is 8. The van der Waals surface area contributed by atoms with Crippen LogP contribution < -0.4 is 0 Å². The van der Waals surface area contributed by atoms with Crippen LogP contribution in [-0.4, -0.2) is 75.9 Å². The number of nitrogens with zero attached hydrogens (tertiary/aromatic N) is 4. The molecule has 10 heteroatoms. The van der Waals surface area contributed by atoms with Gasteiger partial charge in [-0.2, -0.15) is 0 Å². The average Bonchev–Trinajstić information content (AvgIpc) is 3.08. The van der Waals surface area contributed by atoms with Gasteiger partial charge in [0.05, 0.1) is 29.8 Å². The van der Waals surface area contributed by atoms with Crippen molar-refractivity contribution in [3.8, 4) is 0 Å². The van der Waals surface area contributed by atoms with Crippen LogP contribution in [0.1, 0.15) is 17.2 Å². The molecule has 2 saturated heterocycles. The number of ether oxygens (including phenoxy) is 1. The van der Waals surface area contributed by atoms with E-state index < -0.39 is 22.7 Å². The summed E-state index contributed by atoms with van der Waals surface area (Å²) in [5.74, 6) is -1.80. The Bertz CT molecular complexity index is 1050. The first-order chi connectivity index (χ1) is 15.5. The first-order valence-electron chi connectivity index (χ1n) is 10.2. The predicted octanol–water partition coefficient (Wildman–Crippen LogP) is 1.74. The molecule has 4 rings (SSSR count). The number of morpholine rings is 1. The van der Waals surface area contributed by atoms with Crippen LogP contribution in [0, 0.1) is 10.1 Å². The van der Waals surface area contributed by atoms with Crippen LogP contribution in [0.5, 0.6) is 0 Å². The molecule has 2 aromatic rings. The quantitative estimate of drug-likeness (QED) is 0.238. The zero-order valence-corrected chi connectivity index (χ0v) is 17.2. The summed E-state index contributed by atoms with van der Waals surface area (Å²) in [5.41, 5.74) is 0.718. The molecule has 0 saturated carbocycles. The lowest BCUT2D eigenvalue weighted by Crippen LogP contribution is -2.42. The molecule has 2 aliphatic heterocycles. The summed E-state index contributed by atoms with van der Waals surface area (Å²) in [5, 5.41) is 22.0. The van der Waals surface area contributed by atoms with Gasteiger partial charge < -0.3 is 14.7 Å². The summed E-state index contributed by atoms with van der Waals surface area (Å²) in [4.78, 5) is 43.9. The van der Waals surface area contributed by atoms with Gasteiger partial charge in [0.1, 0.15) is 5.76 Å². The molecular formula is C22H22N4O6. The predicted molar refractivity (Wildman–Crippen MR) is 114 cm³/mol. The maximum atomic E-state index is 13.0. The Morgan fingerprint density at radius 2 is 1.75 bits per heavy atom. The van der Waals surface area contributed by atoms with Crippen molar-refractivity contribution in [1.29, 1.82) is 0 Å². The van der Waals surface area contributed by atoms with E-state index in [1.54, 1.807) is 12.1 Å². The summed E-state index contributed by atoms with van der Waals surface area (Å²) >= 11 is 0. The van der Waals surface area contributed by atoms with E-state index in [4.69, 9.17) is 4.74 Å². The molecule has 1 aromatic carbocycles. The third-order valence-corrected chi connectivity index (χ3v) is 5.67. The molecule has 10 nitrogen and oxygen atoms in total. The number of amides is 1. The highest BCUT2D eigenvalue weighted by atomic mass is 16.6. The summed E-state index contributed by atoms with van der Waals surface area (Å²) in [6.07, 6.45) is 2.95. The molecule has 0 bridgehead atoms. The number of ketones is 1. The number of pyridine rings is 1. The van der Waals surface area contributed by atoms with Crippen molar-refractivity contribution in [3.63, 3.8) is 0 Å². The number of aromatic nitrogens is 1. The Labute approximate surface area is 183 Å². The zero-order chi connectivity index (χ0) is 22.7. The smallest absolute Gasteiger partial charge is 0.295 e. The fraction of sp³-hybridized carbons (Fsp3) is 0.318. The van der Waals surface area contributed by atoms with Gasteiger partial charge in [0.2, 0.25) is 0 Å². The third kappa shape index (κ3) is 4.23. The Morgan fingerprint density at radius 3 is 2.38 bits per heavy atom. The third-order valence-electron chi connectivity index (χ3n) is 5.67. The van der Waals surface area contributed by atoms with Crippen LogP contribution >= 0.6 is 0 Å². The molecule has 1 aromatic heterocycles. The number of benzene rings is 1. The fourth-order valence-electron chi connectivity index (χ4n) is 3.97. The van der Waals surface area contributed by atoms with Crippen molar-refractivity contribution in [2.45, 2.75) is 6.04 Å². The van der Waals surface area contributed by atoms with Gasteiger partial charge in [-0.15, -0.1) is 0 Å². The highest BCUT2D eigenvalue weighted by molar-refractivity contribution is 6.46. The fourth-order valence-corrected chi connectivity index (χ4v) is 3.97. The van der Waals surface area contributed by atoms with Crippen molar-refractivity contribution in [1.82, 2.24) is 14.8 Å². The lowest BCUT2D eigenvalue weighted by atomic mass is 9.95. The minimum Gasteiger partial charge on any atom is -0.507 e. The van der Waals surface area contributed by atoms with Gasteiger partial charge in [-0.1, -0.05) is 0 Å². The maximum Gasteiger partial charge on any atom is 0.295 e. The molecule has 1 unspecified atom stereocenters. The highest BCUT2D eigenvalue weighted by Gasteiger charge is 2.46. The van der Waals surface area contributed by atoms with Crippen LogP contribution in [0.25, 0.3) is 5.76 Å². The maximum absolute atomic E-state index is 13.0. The molecule has 3 heterocycles. The number of hydrogen-bond donors (Lipinski definition) is 1. The Morgan fingerprint density at radius 1 is 1.09 bits per heavy atom. The average molecular weight is 438 g/mol. The van der Waals surface area contributed by atoms with Gasteiger partial charge in [0, 0.05) is 56.3 Å². The first-order valence-corrected chi connectivity index (χ1v) is 10.2. The number of aliphatic hydroxyl groups is 1. The van der Waals surface area contributed by atoms with E-state index in [0.717, 1.165) is 13.1 Å². The number of carbonyl (C=O) groups is 2. The van der Waals surface area contributed by atoms with Crippen LogP contribution in [0.15, 0.2) is 54.4 Å². The minimum absolute atomic E-state index is 0.0444. The number of nitro benzene ring substituents is 1. The van der Waals surface area contributed by atoms with Crippen molar-refractivity contribution >= 4 is 23.1 Å². The second-order valence-corrected chi connectivity index (χ2v) is 7.53. The second kappa shape index (κ2) is 9.25. The van der Waals surface area contributed by atoms with E-state index in [1.165, 1.54) is 41.6 Å². The van der Waals surface area contributed by atoms with Crippen LogP contribution in [-0.2, 0) is 14.3 Å². The molecule has 0 aliphatic carbocycles. The van der Waals surface area contributed by atoms with E-state index in [9.17, 15) is 24.8 Å². The lowest BCUT2D eigenvalue weighted by molar-refractivity contribution is -0.384. The topological polar surface area (TPSA) is 126 Å². The monoisotopic (exact) mass is 438 g/mol. The summed E-state index contributed by atoms with van der Waals surface area (Å²) < 4.78 is 5.35. The van der Waals surface area contributed by atoms with Gasteiger partial charge in [0.15, 0.2) is 0 Å². The molecule has 166 valence electrons. The molecule has 1 amide bonds. The van der Waals surface area contributed by atoms with Gasteiger partial charge in [0.25, 0.3) is 17.4 Å². The minimum atomic E-state index is -0.856. The lowest BCUT2D eigenvalue weighted by Gasteiger charge is -2.31. The van der Waals surface area contributed by atoms with E-state index in [-0.39, 0.29) is 23.6 Å². The molecular weight excluding hydrogens is 416 g/mol. The number of aliphatic hydroxyl groups excluding tert-OH is 1. The number of rotatable bonds is 6. The molecule has 1 N–H and O–H groups in total. The van der Waals surface area contributed by atoms with Crippen molar-refractivity contribution in [2.75, 3.05) is 39.4 Å². The standard InChI is InChI=1S/C22H22N4O6/c27-20(16-5-7-23-8-6-16)18-19(15-1-3-17(4-2-15)26(30)31)25(22(29)21(18)28)10-9-24-11-13-32-14-12-24/h1-8,19,27H,9-14H2. The highest BCUT2D eigenvalue weighted by Crippen LogP contribution is 2.39. The first kappa shape index (κ1) is 21.6. The van der Waals surface area contributed by atoms with E-state index in [1.807, 2.05) is 0 Å². The number of Topliss-reactive ketones (excluding diaryl/α,β-unsaturated/α-hetero) is 1. The number of carbonyl (C=O) groups excluding carboxylic acids is 2. The van der Waals surface area contributed by atoms with Crippen LogP contribution in [0.2, 0.25) is 0 Å². The van der Waals surface area contributed by atoms with Crippen LogP contribution in [0.3, 0.4) is 0 Å². The normalized spacial score (nSPS) is 21.1. The van der Waals surface area contributed by atoms with Crippen LogP contribution in [0.4, 0.5) is 5.69 Å². The summed E-state index contributed by atoms with van der Waals surface area (Å²) in [6, 6.07) is 7.90. The Balaban J connectivity index is 1.73. The van der Waals surface area contributed by atoms with E-state index in [0.29, 0.717) is 30.9 Å². The molecule has 32 heavy (non-hydrogen) atoms. The Hall–Kier alpha value is -3.63. The summed E-state index contributed by atoms with van der Waals surface area (Å²) in [7, 11) is 0. The van der Waals surface area contributed by atoms with Crippen molar-refractivity contribution in [3.05, 3.63) is 75.6 Å². The van der Waals surface area contributed by atoms with Crippen molar-refractivity contribution < 1.29 is 24.4 Å². The summed E-state index contributed by atoms with van der Waals surface area (Å²) in [6.45, 7) is 3.46. The molecule has 2 aliphatic rings. The van der Waals surface area contributed by atoms with Gasteiger partial charge in [-0.05, 0) is 29.8 Å². The molecule has 2 fully saturated rings. The van der Waals surface area contributed by atoms with Gasteiger partial charge in [-0.25, -0.2) is 0 Å². The second-order valence-electron chi connectivity index (χ2n) is 7.53. The molecule has 0 radical (unpaired) electrons.